The van der Waals surface area contributed by atoms with Gasteiger partial charge in [0.15, 0.2) is 11.5 Å². The van der Waals surface area contributed by atoms with Gasteiger partial charge in [-0.2, -0.15) is 0 Å². The summed E-state index contributed by atoms with van der Waals surface area (Å²) in [5.74, 6) is 1.18. The van der Waals surface area contributed by atoms with Crippen molar-refractivity contribution < 1.29 is 14.8 Å². The molecule has 2 aromatic rings. The van der Waals surface area contributed by atoms with Crippen LogP contribution in [-0.4, -0.2) is 13.7 Å². The van der Waals surface area contributed by atoms with Gasteiger partial charge in [-0.05, 0) is 25.1 Å². The molecular weight excluding hydrogens is 321 g/mol. The Morgan fingerprint density at radius 1 is 1.09 bits per heavy atom. The average molecular weight is 341 g/mol. The summed E-state index contributed by atoms with van der Waals surface area (Å²) in [4.78, 5) is 0. The van der Waals surface area contributed by atoms with Gasteiger partial charge in [0.05, 0.1) is 18.7 Å². The number of hydrogen-bond donors (Lipinski definition) is 1. The van der Waals surface area contributed by atoms with E-state index in [9.17, 15) is 0 Å². The minimum Gasteiger partial charge on any atom is -0.493 e. The second-order valence-electron chi connectivity index (χ2n) is 4.89. The van der Waals surface area contributed by atoms with Gasteiger partial charge in [-0.3, -0.25) is 0 Å². The molecule has 0 saturated heterocycles. The third-order valence-electron chi connectivity index (χ3n) is 3.29. The molecule has 0 radical (unpaired) electrons. The summed E-state index contributed by atoms with van der Waals surface area (Å²) >= 11 is 12.5. The Hall–Kier alpha value is -1.42. The van der Waals surface area contributed by atoms with E-state index in [2.05, 4.69) is 12.2 Å². The zero-order valence-corrected chi connectivity index (χ0v) is 14.2. The number of rotatable bonds is 7. The molecule has 0 atom stereocenters. The predicted molar refractivity (Wildman–Crippen MR) is 90.0 cm³/mol. The fourth-order valence-corrected chi connectivity index (χ4v) is 2.59. The molecule has 2 rings (SSSR count). The van der Waals surface area contributed by atoms with Gasteiger partial charge in [-0.1, -0.05) is 41.4 Å². The van der Waals surface area contributed by atoms with Crippen LogP contribution in [0.25, 0.3) is 0 Å². The van der Waals surface area contributed by atoms with E-state index in [1.54, 1.807) is 7.11 Å². The molecule has 0 heterocycles. The number of hydrogen-bond acceptors (Lipinski definition) is 2. The van der Waals surface area contributed by atoms with E-state index in [1.165, 1.54) is 0 Å². The first-order valence-corrected chi connectivity index (χ1v) is 7.95. The maximum absolute atomic E-state index is 6.35. The van der Waals surface area contributed by atoms with Crippen molar-refractivity contribution in [2.24, 2.45) is 0 Å². The highest BCUT2D eigenvalue weighted by molar-refractivity contribution is 6.32. The van der Waals surface area contributed by atoms with E-state index >= 15 is 0 Å². The van der Waals surface area contributed by atoms with Crippen molar-refractivity contribution in [1.82, 2.24) is 0 Å². The highest BCUT2D eigenvalue weighted by atomic mass is 35.5. The normalized spacial score (nSPS) is 10.5. The van der Waals surface area contributed by atoms with Gasteiger partial charge in [-0.15, -0.1) is 0 Å². The second kappa shape index (κ2) is 8.28. The van der Waals surface area contributed by atoms with Crippen molar-refractivity contribution >= 4 is 23.2 Å². The fourth-order valence-electron chi connectivity index (χ4n) is 2.11. The molecule has 0 saturated carbocycles. The predicted octanol–water partition coefficient (Wildman–Crippen LogP) is 3.66. The zero-order valence-electron chi connectivity index (χ0n) is 12.7. The van der Waals surface area contributed by atoms with Crippen molar-refractivity contribution in [2.75, 3.05) is 13.7 Å². The molecule has 0 unspecified atom stereocenters. The summed E-state index contributed by atoms with van der Waals surface area (Å²) < 4.78 is 11.2. The van der Waals surface area contributed by atoms with Crippen LogP contribution in [0, 0.1) is 0 Å². The zero-order chi connectivity index (χ0) is 15.9. The Morgan fingerprint density at radius 2 is 1.86 bits per heavy atom. The summed E-state index contributed by atoms with van der Waals surface area (Å²) in [6, 6.07) is 11.4. The number of nitrogens with two attached hydrogens (primary N) is 1. The lowest BCUT2D eigenvalue weighted by atomic mass is 10.2. The number of quaternary nitrogens is 1. The van der Waals surface area contributed by atoms with Gasteiger partial charge >= 0.3 is 0 Å². The fraction of sp³-hybridized carbons (Fsp3) is 0.294. The SMILES string of the molecule is CC[NH2+]Cc1cc(Cl)c(OCc2ccccc2Cl)c(OC)c1. The summed E-state index contributed by atoms with van der Waals surface area (Å²) in [5.41, 5.74) is 2.01. The third-order valence-corrected chi connectivity index (χ3v) is 3.94. The molecule has 0 spiro atoms. The van der Waals surface area contributed by atoms with Crippen LogP contribution in [0.4, 0.5) is 0 Å². The van der Waals surface area contributed by atoms with Gasteiger partial charge < -0.3 is 14.8 Å². The first kappa shape index (κ1) is 16.9. The summed E-state index contributed by atoms with van der Waals surface area (Å²) in [5, 5.41) is 3.41. The molecule has 118 valence electrons. The third kappa shape index (κ3) is 4.29. The molecule has 5 heteroatoms. The van der Waals surface area contributed by atoms with Gasteiger partial charge in [0, 0.05) is 16.1 Å². The van der Waals surface area contributed by atoms with E-state index in [-0.39, 0.29) is 0 Å². The van der Waals surface area contributed by atoms with Crippen molar-refractivity contribution in [3.05, 3.63) is 57.6 Å². The Labute approximate surface area is 141 Å². The van der Waals surface area contributed by atoms with Gasteiger partial charge in [0.25, 0.3) is 0 Å². The van der Waals surface area contributed by atoms with Crippen LogP contribution in [0.2, 0.25) is 10.0 Å². The summed E-state index contributed by atoms with van der Waals surface area (Å²) in [7, 11) is 1.61. The van der Waals surface area contributed by atoms with Crippen molar-refractivity contribution in [1.29, 1.82) is 0 Å². The number of halogens is 2. The van der Waals surface area contributed by atoms with Crippen LogP contribution in [-0.2, 0) is 13.2 Å². The minimum atomic E-state index is 0.343. The number of methoxy groups -OCH3 is 1. The van der Waals surface area contributed by atoms with E-state index < -0.39 is 0 Å². The molecule has 0 aliphatic carbocycles. The smallest absolute Gasteiger partial charge is 0.180 e. The Bertz CT molecular complexity index is 632. The highest BCUT2D eigenvalue weighted by Crippen LogP contribution is 2.37. The summed E-state index contributed by atoms with van der Waals surface area (Å²) in [6.45, 7) is 4.33. The molecule has 2 N–H and O–H groups in total. The van der Waals surface area contributed by atoms with E-state index in [0.29, 0.717) is 28.2 Å². The van der Waals surface area contributed by atoms with Crippen molar-refractivity contribution in [3.63, 3.8) is 0 Å². The average Bonchev–Trinajstić information content (AvgIpc) is 2.52. The van der Waals surface area contributed by atoms with Crippen LogP contribution in [0.5, 0.6) is 11.5 Å². The quantitative estimate of drug-likeness (QED) is 0.834. The standard InChI is InChI=1S/C17H19Cl2NO2/c1-3-20-10-12-8-15(19)17(16(9-12)21-2)22-11-13-6-4-5-7-14(13)18/h4-9,20H,3,10-11H2,1-2H3/p+1. The summed E-state index contributed by atoms with van der Waals surface area (Å²) in [6.07, 6.45) is 0. The van der Waals surface area contributed by atoms with Crippen LogP contribution in [0.3, 0.4) is 0 Å². The van der Waals surface area contributed by atoms with Gasteiger partial charge in [0.2, 0.25) is 0 Å². The Balaban J connectivity index is 2.18. The largest absolute Gasteiger partial charge is 0.493 e. The maximum atomic E-state index is 6.35. The van der Waals surface area contributed by atoms with Gasteiger partial charge in [-0.25, -0.2) is 0 Å². The second-order valence-corrected chi connectivity index (χ2v) is 5.70. The Morgan fingerprint density at radius 3 is 2.55 bits per heavy atom. The Kier molecular flexibility index (Phi) is 6.37. The van der Waals surface area contributed by atoms with Crippen LogP contribution in [0.1, 0.15) is 18.1 Å². The first-order valence-electron chi connectivity index (χ1n) is 7.20. The minimum absolute atomic E-state index is 0.343. The number of ether oxygens (including phenoxy) is 2. The molecule has 0 fully saturated rings. The van der Waals surface area contributed by atoms with E-state index in [1.807, 2.05) is 36.4 Å². The van der Waals surface area contributed by atoms with Crippen molar-refractivity contribution in [3.8, 4) is 11.5 Å². The van der Waals surface area contributed by atoms with Crippen LogP contribution in [0.15, 0.2) is 36.4 Å². The van der Waals surface area contributed by atoms with Crippen LogP contribution < -0.4 is 14.8 Å². The molecule has 2 aromatic carbocycles. The molecule has 0 amide bonds. The van der Waals surface area contributed by atoms with E-state index in [0.717, 1.165) is 24.2 Å². The first-order chi connectivity index (χ1) is 10.7. The molecule has 0 aliphatic heterocycles. The maximum Gasteiger partial charge on any atom is 0.180 e. The lowest BCUT2D eigenvalue weighted by Crippen LogP contribution is -2.81. The number of benzene rings is 2. The van der Waals surface area contributed by atoms with Crippen LogP contribution >= 0.6 is 23.2 Å². The molecule has 0 bridgehead atoms. The molecule has 0 aliphatic rings. The van der Waals surface area contributed by atoms with Crippen molar-refractivity contribution in [2.45, 2.75) is 20.1 Å². The molecule has 3 nitrogen and oxygen atoms in total. The van der Waals surface area contributed by atoms with Gasteiger partial charge in [0.1, 0.15) is 13.2 Å². The monoisotopic (exact) mass is 340 g/mol. The lowest BCUT2D eigenvalue weighted by molar-refractivity contribution is -0.667. The molecule has 22 heavy (non-hydrogen) atoms. The highest BCUT2D eigenvalue weighted by Gasteiger charge is 2.13. The topological polar surface area (TPSA) is 35.1 Å². The molecular formula is C17H20Cl2NO2+. The lowest BCUT2D eigenvalue weighted by Gasteiger charge is -2.14. The van der Waals surface area contributed by atoms with E-state index in [4.69, 9.17) is 32.7 Å². The molecule has 0 aromatic heterocycles.